The normalized spacial score (nSPS) is 29.4. The van der Waals surface area contributed by atoms with Crippen molar-refractivity contribution in [1.29, 1.82) is 0 Å². The highest BCUT2D eigenvalue weighted by atomic mass is 15.2. The summed E-state index contributed by atoms with van der Waals surface area (Å²) >= 11 is 0. The second kappa shape index (κ2) is 5.13. The van der Waals surface area contributed by atoms with Crippen molar-refractivity contribution in [1.82, 2.24) is 10.2 Å². The van der Waals surface area contributed by atoms with Crippen LogP contribution in [0.25, 0.3) is 0 Å². The Balaban J connectivity index is 2.49. The zero-order valence-electron chi connectivity index (χ0n) is 10.4. The van der Waals surface area contributed by atoms with Gasteiger partial charge < -0.3 is 5.32 Å². The molecule has 0 bridgehead atoms. The molecule has 1 rings (SSSR count). The Hall–Kier alpha value is -0.0800. The van der Waals surface area contributed by atoms with Gasteiger partial charge in [0.1, 0.15) is 0 Å². The van der Waals surface area contributed by atoms with Gasteiger partial charge in [0.05, 0.1) is 0 Å². The van der Waals surface area contributed by atoms with Crippen LogP contribution < -0.4 is 5.32 Å². The van der Waals surface area contributed by atoms with Gasteiger partial charge in [-0.15, -0.1) is 0 Å². The molecule has 1 aliphatic rings. The highest BCUT2D eigenvalue weighted by Crippen LogP contribution is 2.24. The predicted octanol–water partition coefficient (Wildman–Crippen LogP) is 1.96. The van der Waals surface area contributed by atoms with Crippen LogP contribution in [0.15, 0.2) is 0 Å². The predicted molar refractivity (Wildman–Crippen MR) is 62.5 cm³/mol. The third-order valence-corrected chi connectivity index (χ3v) is 3.34. The maximum absolute atomic E-state index is 3.46. The molecular formula is C12H26N2. The van der Waals surface area contributed by atoms with Gasteiger partial charge in [-0.2, -0.15) is 0 Å². The van der Waals surface area contributed by atoms with Crippen molar-refractivity contribution >= 4 is 0 Å². The van der Waals surface area contributed by atoms with Crippen LogP contribution in [0.5, 0.6) is 0 Å². The van der Waals surface area contributed by atoms with E-state index in [-0.39, 0.29) is 0 Å². The molecule has 1 N–H and O–H groups in total. The molecule has 0 aromatic rings. The van der Waals surface area contributed by atoms with Gasteiger partial charge in [0, 0.05) is 25.2 Å². The minimum Gasteiger partial charge on any atom is -0.315 e. The number of rotatable bonds is 4. The maximum Gasteiger partial charge on any atom is 0.0232 e. The van der Waals surface area contributed by atoms with Gasteiger partial charge in [-0.1, -0.05) is 13.8 Å². The summed E-state index contributed by atoms with van der Waals surface area (Å²) in [5, 5.41) is 3.46. The SMILES string of the molecule is CN[C@@H]1CN(C(C)C)C[C@H]1CC(C)C. The molecule has 14 heavy (non-hydrogen) atoms. The zero-order valence-corrected chi connectivity index (χ0v) is 10.4. The summed E-state index contributed by atoms with van der Waals surface area (Å²) in [4.78, 5) is 2.59. The molecule has 0 aromatic heterocycles. The molecule has 2 heteroatoms. The molecule has 0 aromatic carbocycles. The fourth-order valence-corrected chi connectivity index (χ4v) is 2.50. The molecule has 0 unspecified atom stereocenters. The van der Waals surface area contributed by atoms with Crippen molar-refractivity contribution in [2.75, 3.05) is 20.1 Å². The lowest BCUT2D eigenvalue weighted by molar-refractivity contribution is 0.258. The van der Waals surface area contributed by atoms with E-state index in [4.69, 9.17) is 0 Å². The van der Waals surface area contributed by atoms with Gasteiger partial charge in [-0.3, -0.25) is 4.90 Å². The topological polar surface area (TPSA) is 15.3 Å². The van der Waals surface area contributed by atoms with Crippen molar-refractivity contribution in [2.45, 2.75) is 46.2 Å². The summed E-state index contributed by atoms with van der Waals surface area (Å²) in [7, 11) is 2.10. The Kier molecular flexibility index (Phi) is 4.39. The Morgan fingerprint density at radius 3 is 2.29 bits per heavy atom. The molecule has 84 valence electrons. The monoisotopic (exact) mass is 198 g/mol. The van der Waals surface area contributed by atoms with Crippen LogP contribution in [0, 0.1) is 11.8 Å². The summed E-state index contributed by atoms with van der Waals surface area (Å²) in [6.07, 6.45) is 1.36. The van der Waals surface area contributed by atoms with E-state index in [2.05, 4.69) is 45.0 Å². The molecular weight excluding hydrogens is 172 g/mol. The fraction of sp³-hybridized carbons (Fsp3) is 1.00. The van der Waals surface area contributed by atoms with E-state index < -0.39 is 0 Å². The number of likely N-dealkylation sites (N-methyl/N-ethyl adjacent to an activating group) is 1. The van der Waals surface area contributed by atoms with Gasteiger partial charge in [0.25, 0.3) is 0 Å². The van der Waals surface area contributed by atoms with Gasteiger partial charge in [-0.25, -0.2) is 0 Å². The first-order chi connectivity index (χ1) is 6.54. The quantitative estimate of drug-likeness (QED) is 0.743. The summed E-state index contributed by atoms with van der Waals surface area (Å²) < 4.78 is 0. The van der Waals surface area contributed by atoms with Crippen LogP contribution in [0.4, 0.5) is 0 Å². The van der Waals surface area contributed by atoms with Crippen LogP contribution in [0.1, 0.15) is 34.1 Å². The molecule has 1 aliphatic heterocycles. The second-order valence-electron chi connectivity index (χ2n) is 5.33. The van der Waals surface area contributed by atoms with Crippen LogP contribution in [-0.4, -0.2) is 37.1 Å². The molecule has 0 saturated carbocycles. The lowest BCUT2D eigenvalue weighted by Crippen LogP contribution is -2.35. The van der Waals surface area contributed by atoms with E-state index in [0.29, 0.717) is 12.1 Å². The maximum atomic E-state index is 3.46. The Bertz CT molecular complexity index is 166. The number of likely N-dealkylation sites (tertiary alicyclic amines) is 1. The van der Waals surface area contributed by atoms with E-state index in [1.165, 1.54) is 19.5 Å². The van der Waals surface area contributed by atoms with Gasteiger partial charge >= 0.3 is 0 Å². The molecule has 1 heterocycles. The first-order valence-corrected chi connectivity index (χ1v) is 5.96. The molecule has 0 spiro atoms. The average Bonchev–Trinajstić information content (AvgIpc) is 2.46. The van der Waals surface area contributed by atoms with E-state index in [1.807, 2.05) is 0 Å². The lowest BCUT2D eigenvalue weighted by atomic mass is 9.93. The van der Waals surface area contributed by atoms with Crippen LogP contribution in [0.2, 0.25) is 0 Å². The van der Waals surface area contributed by atoms with Crippen molar-refractivity contribution < 1.29 is 0 Å². The van der Waals surface area contributed by atoms with Crippen molar-refractivity contribution in [3.8, 4) is 0 Å². The molecule has 1 fully saturated rings. The highest BCUT2D eigenvalue weighted by molar-refractivity contribution is 4.89. The fourth-order valence-electron chi connectivity index (χ4n) is 2.50. The largest absolute Gasteiger partial charge is 0.315 e. The first kappa shape index (κ1) is 12.0. The minimum absolute atomic E-state index is 0.697. The van der Waals surface area contributed by atoms with Gasteiger partial charge in [-0.05, 0) is 39.2 Å². The number of nitrogens with zero attached hydrogens (tertiary/aromatic N) is 1. The molecule has 1 saturated heterocycles. The third-order valence-electron chi connectivity index (χ3n) is 3.34. The summed E-state index contributed by atoms with van der Waals surface area (Å²) in [5.41, 5.74) is 0. The van der Waals surface area contributed by atoms with Gasteiger partial charge in [0.2, 0.25) is 0 Å². The summed E-state index contributed by atoms with van der Waals surface area (Å²) in [6.45, 7) is 11.7. The van der Waals surface area contributed by atoms with Crippen molar-refractivity contribution in [3.63, 3.8) is 0 Å². The first-order valence-electron chi connectivity index (χ1n) is 5.96. The van der Waals surface area contributed by atoms with E-state index in [9.17, 15) is 0 Å². The molecule has 0 radical (unpaired) electrons. The van der Waals surface area contributed by atoms with E-state index in [0.717, 1.165) is 11.8 Å². The second-order valence-corrected chi connectivity index (χ2v) is 5.33. The highest BCUT2D eigenvalue weighted by Gasteiger charge is 2.32. The standard InChI is InChI=1S/C12H26N2/c1-9(2)6-11-7-14(10(3)4)8-12(11)13-5/h9-13H,6-8H2,1-5H3/t11-,12-/m1/s1. The molecule has 2 atom stereocenters. The minimum atomic E-state index is 0.697. The smallest absolute Gasteiger partial charge is 0.0232 e. The summed E-state index contributed by atoms with van der Waals surface area (Å²) in [5.74, 6) is 1.67. The number of hydrogen-bond donors (Lipinski definition) is 1. The van der Waals surface area contributed by atoms with E-state index >= 15 is 0 Å². The van der Waals surface area contributed by atoms with Crippen molar-refractivity contribution in [2.24, 2.45) is 11.8 Å². The molecule has 0 amide bonds. The van der Waals surface area contributed by atoms with Gasteiger partial charge in [0.15, 0.2) is 0 Å². The van der Waals surface area contributed by atoms with Crippen molar-refractivity contribution in [3.05, 3.63) is 0 Å². The lowest BCUT2D eigenvalue weighted by Gasteiger charge is -2.20. The Morgan fingerprint density at radius 1 is 1.21 bits per heavy atom. The Labute approximate surface area is 89.1 Å². The molecule has 2 nitrogen and oxygen atoms in total. The van der Waals surface area contributed by atoms with Crippen LogP contribution >= 0.6 is 0 Å². The average molecular weight is 198 g/mol. The third kappa shape index (κ3) is 2.96. The number of nitrogens with one attached hydrogen (secondary N) is 1. The van der Waals surface area contributed by atoms with Crippen LogP contribution in [0.3, 0.4) is 0 Å². The summed E-state index contributed by atoms with van der Waals surface area (Å²) in [6, 6.07) is 1.41. The van der Waals surface area contributed by atoms with Crippen LogP contribution in [-0.2, 0) is 0 Å². The number of hydrogen-bond acceptors (Lipinski definition) is 2. The zero-order chi connectivity index (χ0) is 10.7. The molecule has 0 aliphatic carbocycles. The Morgan fingerprint density at radius 2 is 1.86 bits per heavy atom. The van der Waals surface area contributed by atoms with E-state index in [1.54, 1.807) is 0 Å².